The van der Waals surface area contributed by atoms with Gasteiger partial charge in [-0.2, -0.15) is 0 Å². The summed E-state index contributed by atoms with van der Waals surface area (Å²) in [5.74, 6) is 7.00. The zero-order chi connectivity index (χ0) is 14.5. The molecule has 1 atom stereocenters. The zero-order valence-corrected chi connectivity index (χ0v) is 12.6. The summed E-state index contributed by atoms with van der Waals surface area (Å²) in [6.45, 7) is 4.08. The lowest BCUT2D eigenvalue weighted by atomic mass is 10.1. The van der Waals surface area contributed by atoms with Crippen LogP contribution in [0.5, 0.6) is 0 Å². The molecule has 0 aliphatic heterocycles. The topological polar surface area (TPSA) is 77.0 Å². The Bertz CT molecular complexity index is 569. The van der Waals surface area contributed by atoms with Crippen molar-refractivity contribution in [2.24, 2.45) is 5.84 Å². The first-order valence-corrected chi connectivity index (χ1v) is 7.46. The van der Waals surface area contributed by atoms with Crippen LogP contribution in [0.25, 0.3) is 0 Å². The van der Waals surface area contributed by atoms with Crippen molar-refractivity contribution >= 4 is 17.6 Å². The third kappa shape index (κ3) is 3.72. The predicted octanol–water partition coefficient (Wildman–Crippen LogP) is 2.58. The zero-order valence-electron chi connectivity index (χ0n) is 11.8. The van der Waals surface area contributed by atoms with Gasteiger partial charge in [0.25, 0.3) is 0 Å². The van der Waals surface area contributed by atoms with Gasteiger partial charge in [-0.25, -0.2) is 4.98 Å². The van der Waals surface area contributed by atoms with Crippen molar-refractivity contribution in [2.75, 3.05) is 11.5 Å². The average Bonchev–Trinajstić information content (AvgIpc) is 2.45. The number of aromatic nitrogens is 1. The van der Waals surface area contributed by atoms with Crippen molar-refractivity contribution in [1.82, 2.24) is 10.4 Å². The van der Waals surface area contributed by atoms with Gasteiger partial charge in [0.15, 0.2) is 0 Å². The van der Waals surface area contributed by atoms with Gasteiger partial charge in [0, 0.05) is 22.4 Å². The number of anilines is 1. The van der Waals surface area contributed by atoms with Crippen molar-refractivity contribution in [3.05, 3.63) is 53.2 Å². The smallest absolute Gasteiger partial charge is 0.128 e. The minimum atomic E-state index is -0.0197. The summed E-state index contributed by atoms with van der Waals surface area (Å²) in [6.07, 6.45) is 1.76. The molecule has 0 saturated heterocycles. The van der Waals surface area contributed by atoms with E-state index in [0.717, 1.165) is 16.9 Å². The molecule has 5 N–H and O–H groups in total. The van der Waals surface area contributed by atoms with E-state index in [1.807, 2.05) is 13.0 Å². The molecule has 1 aromatic heterocycles. The Hall–Kier alpha value is -1.56. The maximum absolute atomic E-state index is 5.94. The first kappa shape index (κ1) is 14.8. The fourth-order valence-corrected chi connectivity index (χ4v) is 2.89. The number of hydrazine groups is 1. The highest BCUT2D eigenvalue weighted by Gasteiger charge is 2.14. The van der Waals surface area contributed by atoms with Crippen LogP contribution in [0.3, 0.4) is 0 Å². The molecule has 0 saturated carbocycles. The minimum Gasteiger partial charge on any atom is -0.383 e. The van der Waals surface area contributed by atoms with Crippen LogP contribution in [0.1, 0.15) is 22.7 Å². The van der Waals surface area contributed by atoms with Crippen LogP contribution in [0, 0.1) is 13.8 Å². The number of rotatable bonds is 5. The Labute approximate surface area is 123 Å². The lowest BCUT2D eigenvalue weighted by Crippen LogP contribution is -2.30. The molecule has 106 valence electrons. The summed E-state index contributed by atoms with van der Waals surface area (Å²) in [4.78, 5) is 5.40. The fraction of sp³-hybridized carbons (Fsp3) is 0.267. The van der Waals surface area contributed by atoms with Gasteiger partial charge in [0.05, 0.1) is 6.04 Å². The van der Waals surface area contributed by atoms with Gasteiger partial charge in [-0.1, -0.05) is 17.7 Å². The molecular weight excluding hydrogens is 268 g/mol. The summed E-state index contributed by atoms with van der Waals surface area (Å²) in [5, 5.41) is 0. The molecule has 0 radical (unpaired) electrons. The lowest BCUT2D eigenvalue weighted by molar-refractivity contribution is 0.610. The van der Waals surface area contributed by atoms with Gasteiger partial charge in [0.1, 0.15) is 5.82 Å². The molecule has 0 aliphatic carbocycles. The van der Waals surface area contributed by atoms with Crippen molar-refractivity contribution in [1.29, 1.82) is 0 Å². The van der Waals surface area contributed by atoms with Crippen LogP contribution in [0.4, 0.5) is 5.82 Å². The van der Waals surface area contributed by atoms with Crippen LogP contribution in [-0.2, 0) is 0 Å². The second-order valence-electron chi connectivity index (χ2n) is 4.83. The molecule has 0 amide bonds. The monoisotopic (exact) mass is 288 g/mol. The fourth-order valence-electron chi connectivity index (χ4n) is 1.92. The van der Waals surface area contributed by atoms with Crippen LogP contribution in [-0.4, -0.2) is 10.7 Å². The number of aryl methyl sites for hydroxylation is 2. The van der Waals surface area contributed by atoms with E-state index in [0.29, 0.717) is 5.82 Å². The molecule has 1 heterocycles. The molecule has 20 heavy (non-hydrogen) atoms. The Kier molecular flexibility index (Phi) is 5.00. The summed E-state index contributed by atoms with van der Waals surface area (Å²) in [5.41, 5.74) is 12.1. The second kappa shape index (κ2) is 6.74. The third-order valence-corrected chi connectivity index (χ3v) is 4.21. The van der Waals surface area contributed by atoms with Crippen LogP contribution in [0.15, 0.2) is 41.4 Å². The molecule has 5 heteroatoms. The largest absolute Gasteiger partial charge is 0.383 e. The number of hydrogen-bond acceptors (Lipinski definition) is 5. The summed E-state index contributed by atoms with van der Waals surface area (Å²) >= 11 is 1.75. The van der Waals surface area contributed by atoms with Crippen molar-refractivity contribution in [2.45, 2.75) is 24.8 Å². The summed E-state index contributed by atoms with van der Waals surface area (Å²) in [6, 6.07) is 10.5. The number of pyridine rings is 1. The van der Waals surface area contributed by atoms with Crippen LogP contribution < -0.4 is 17.0 Å². The van der Waals surface area contributed by atoms with E-state index >= 15 is 0 Å². The average molecular weight is 288 g/mol. The van der Waals surface area contributed by atoms with Crippen molar-refractivity contribution in [3.63, 3.8) is 0 Å². The van der Waals surface area contributed by atoms with Gasteiger partial charge < -0.3 is 5.73 Å². The Balaban J connectivity index is 2.09. The number of nitrogens with zero attached hydrogens (tertiary/aromatic N) is 1. The molecule has 0 fully saturated rings. The van der Waals surface area contributed by atoms with E-state index in [2.05, 4.69) is 41.6 Å². The normalized spacial score (nSPS) is 12.3. The number of nitrogen functional groups attached to an aromatic ring is 1. The molecular formula is C15H20N4S. The first-order valence-electron chi connectivity index (χ1n) is 6.47. The van der Waals surface area contributed by atoms with Gasteiger partial charge in [0.2, 0.25) is 0 Å². The maximum Gasteiger partial charge on any atom is 0.128 e. The number of hydrogen-bond donors (Lipinski definition) is 3. The van der Waals surface area contributed by atoms with Gasteiger partial charge in [-0.05, 0) is 37.6 Å². The lowest BCUT2D eigenvalue weighted by Gasteiger charge is -2.18. The standard InChI is InChI=1S/C15H20N4S/c1-10-3-5-12(6-4-10)20-9-14(19-17)13-7-11(2)8-18-15(13)16/h3-8,14,19H,9,17H2,1-2H3,(H2,16,18). The van der Waals surface area contributed by atoms with Gasteiger partial charge in [-0.3, -0.25) is 11.3 Å². The molecule has 2 rings (SSSR count). The van der Waals surface area contributed by atoms with E-state index in [1.54, 1.807) is 18.0 Å². The SMILES string of the molecule is Cc1ccc(SCC(NN)c2cc(C)cnc2N)cc1. The van der Waals surface area contributed by atoms with Crippen LogP contribution >= 0.6 is 11.8 Å². The van der Waals surface area contributed by atoms with E-state index in [1.165, 1.54) is 10.5 Å². The Morgan fingerprint density at radius 1 is 1.20 bits per heavy atom. The molecule has 0 spiro atoms. The Morgan fingerprint density at radius 3 is 2.55 bits per heavy atom. The van der Waals surface area contributed by atoms with Crippen LogP contribution in [0.2, 0.25) is 0 Å². The highest BCUT2D eigenvalue weighted by Crippen LogP contribution is 2.27. The highest BCUT2D eigenvalue weighted by atomic mass is 32.2. The van der Waals surface area contributed by atoms with Crippen molar-refractivity contribution in [3.8, 4) is 0 Å². The summed E-state index contributed by atoms with van der Waals surface area (Å²) in [7, 11) is 0. The maximum atomic E-state index is 5.94. The molecule has 4 nitrogen and oxygen atoms in total. The summed E-state index contributed by atoms with van der Waals surface area (Å²) < 4.78 is 0. The molecule has 0 aliphatic rings. The second-order valence-corrected chi connectivity index (χ2v) is 5.92. The molecule has 1 unspecified atom stereocenters. The van der Waals surface area contributed by atoms with Crippen molar-refractivity contribution < 1.29 is 0 Å². The Morgan fingerprint density at radius 2 is 1.90 bits per heavy atom. The number of thioether (sulfide) groups is 1. The molecule has 2 aromatic rings. The van der Waals surface area contributed by atoms with Gasteiger partial charge in [-0.15, -0.1) is 11.8 Å². The first-order chi connectivity index (χ1) is 9.60. The van der Waals surface area contributed by atoms with E-state index in [4.69, 9.17) is 11.6 Å². The minimum absolute atomic E-state index is 0.0197. The van der Waals surface area contributed by atoms with Gasteiger partial charge >= 0.3 is 0 Å². The number of benzene rings is 1. The van der Waals surface area contributed by atoms with E-state index < -0.39 is 0 Å². The quantitative estimate of drug-likeness (QED) is 0.448. The molecule has 1 aromatic carbocycles. The third-order valence-electron chi connectivity index (χ3n) is 3.10. The predicted molar refractivity (Wildman–Crippen MR) is 85.4 cm³/mol. The van der Waals surface area contributed by atoms with E-state index in [9.17, 15) is 0 Å². The molecule has 0 bridgehead atoms. The number of nitrogens with two attached hydrogens (primary N) is 2. The number of nitrogens with one attached hydrogen (secondary N) is 1. The van der Waals surface area contributed by atoms with E-state index in [-0.39, 0.29) is 6.04 Å². The highest BCUT2D eigenvalue weighted by molar-refractivity contribution is 7.99.